The van der Waals surface area contributed by atoms with Crippen LogP contribution in [-0.4, -0.2) is 62.4 Å². The number of imide groups is 1. The minimum Gasteiger partial charge on any atom is -0.315 e. The molecule has 126 valence electrons. The van der Waals surface area contributed by atoms with Crippen molar-refractivity contribution in [3.63, 3.8) is 0 Å². The Bertz CT molecular complexity index is 858. The molecule has 1 saturated heterocycles. The number of fused-ring (bicyclic) bond motifs is 1. The van der Waals surface area contributed by atoms with Crippen LogP contribution >= 0.6 is 0 Å². The van der Waals surface area contributed by atoms with Gasteiger partial charge in [-0.15, -0.1) is 5.10 Å². The van der Waals surface area contributed by atoms with E-state index in [4.69, 9.17) is 0 Å². The maximum absolute atomic E-state index is 12.2. The highest BCUT2D eigenvalue weighted by molar-refractivity contribution is 6.06. The average molecular weight is 330 g/mol. The van der Waals surface area contributed by atoms with Gasteiger partial charge in [0.05, 0.1) is 6.42 Å². The van der Waals surface area contributed by atoms with E-state index >= 15 is 0 Å². The lowest BCUT2D eigenvalue weighted by Crippen LogP contribution is -2.35. The first-order valence-electron chi connectivity index (χ1n) is 7.46. The standard InChI is InChI=1S/C15H18N6O3/c1-8-5-9(2)21-12(16-8)7-11(18-21)17-13(22)6-10-14(23)20(4)15(24)19(10)3/h5,7,10H,6H2,1-4H3,(H,17,18,22). The number of rotatable bonds is 3. The fourth-order valence-corrected chi connectivity index (χ4v) is 2.80. The van der Waals surface area contributed by atoms with Gasteiger partial charge in [-0.1, -0.05) is 0 Å². The minimum absolute atomic E-state index is 0.120. The third-order valence-electron chi connectivity index (χ3n) is 4.05. The molecule has 3 rings (SSSR count). The molecule has 1 atom stereocenters. The second kappa shape index (κ2) is 5.59. The maximum Gasteiger partial charge on any atom is 0.326 e. The molecule has 1 aliphatic rings. The predicted octanol–water partition coefficient (Wildman–Crippen LogP) is 0.567. The number of carbonyl (C=O) groups excluding carboxylic acids is 3. The summed E-state index contributed by atoms with van der Waals surface area (Å²) in [6, 6.07) is 2.34. The summed E-state index contributed by atoms with van der Waals surface area (Å²) in [4.78, 5) is 42.6. The van der Waals surface area contributed by atoms with E-state index in [0.717, 1.165) is 16.3 Å². The Morgan fingerprint density at radius 1 is 1.25 bits per heavy atom. The molecule has 2 aromatic heterocycles. The summed E-state index contributed by atoms with van der Waals surface area (Å²) in [5.41, 5.74) is 2.39. The number of nitrogens with one attached hydrogen (secondary N) is 1. The Balaban J connectivity index is 1.75. The molecule has 9 heteroatoms. The largest absolute Gasteiger partial charge is 0.326 e. The first-order valence-corrected chi connectivity index (χ1v) is 7.46. The molecular weight excluding hydrogens is 312 g/mol. The molecule has 0 spiro atoms. The Kier molecular flexibility index (Phi) is 3.70. The second-order valence-electron chi connectivity index (χ2n) is 5.90. The molecule has 1 N–H and O–H groups in total. The molecule has 2 aromatic rings. The fourth-order valence-electron chi connectivity index (χ4n) is 2.80. The maximum atomic E-state index is 12.2. The second-order valence-corrected chi connectivity index (χ2v) is 5.90. The Morgan fingerprint density at radius 3 is 2.58 bits per heavy atom. The number of aromatic nitrogens is 3. The van der Waals surface area contributed by atoms with Crippen LogP contribution in [0.25, 0.3) is 5.65 Å². The Hall–Kier alpha value is -2.97. The number of amides is 4. The summed E-state index contributed by atoms with van der Waals surface area (Å²) in [5.74, 6) is -0.421. The van der Waals surface area contributed by atoms with Gasteiger partial charge in [-0.25, -0.2) is 14.3 Å². The van der Waals surface area contributed by atoms with Crippen molar-refractivity contribution >= 4 is 29.3 Å². The van der Waals surface area contributed by atoms with Crippen LogP contribution in [0.15, 0.2) is 12.1 Å². The molecule has 0 saturated carbocycles. The van der Waals surface area contributed by atoms with Gasteiger partial charge in [0, 0.05) is 31.5 Å². The summed E-state index contributed by atoms with van der Waals surface area (Å²) in [6.07, 6.45) is -0.120. The van der Waals surface area contributed by atoms with E-state index in [9.17, 15) is 14.4 Å². The summed E-state index contributed by atoms with van der Waals surface area (Å²) in [6.45, 7) is 3.78. The molecule has 3 heterocycles. The number of likely N-dealkylation sites (N-methyl/N-ethyl adjacent to an activating group) is 2. The highest BCUT2D eigenvalue weighted by atomic mass is 16.2. The highest BCUT2D eigenvalue weighted by Crippen LogP contribution is 2.18. The smallest absolute Gasteiger partial charge is 0.315 e. The lowest BCUT2D eigenvalue weighted by Gasteiger charge is -2.15. The molecule has 24 heavy (non-hydrogen) atoms. The molecule has 1 aliphatic heterocycles. The van der Waals surface area contributed by atoms with Crippen molar-refractivity contribution in [3.05, 3.63) is 23.5 Å². The van der Waals surface area contributed by atoms with Crippen molar-refractivity contribution < 1.29 is 14.4 Å². The fraction of sp³-hybridized carbons (Fsp3) is 0.400. The molecule has 9 nitrogen and oxygen atoms in total. The molecule has 0 aliphatic carbocycles. The van der Waals surface area contributed by atoms with Crippen LogP contribution in [0.5, 0.6) is 0 Å². The van der Waals surface area contributed by atoms with Crippen LogP contribution in [0, 0.1) is 13.8 Å². The van der Waals surface area contributed by atoms with Gasteiger partial charge in [0.2, 0.25) is 5.91 Å². The van der Waals surface area contributed by atoms with Gasteiger partial charge >= 0.3 is 6.03 Å². The van der Waals surface area contributed by atoms with E-state index in [0.29, 0.717) is 11.5 Å². The van der Waals surface area contributed by atoms with Crippen LogP contribution < -0.4 is 5.32 Å². The highest BCUT2D eigenvalue weighted by Gasteiger charge is 2.41. The molecule has 1 unspecified atom stereocenters. The number of carbonyl (C=O) groups is 3. The number of aryl methyl sites for hydroxylation is 2. The SMILES string of the molecule is Cc1cc(C)n2nc(NC(=O)CC3C(=O)N(C)C(=O)N3C)cc2n1. The van der Waals surface area contributed by atoms with Gasteiger partial charge < -0.3 is 10.2 Å². The third kappa shape index (κ3) is 2.57. The lowest BCUT2D eigenvalue weighted by molar-refractivity contribution is -0.129. The monoisotopic (exact) mass is 330 g/mol. The van der Waals surface area contributed by atoms with Gasteiger partial charge in [-0.2, -0.15) is 0 Å². The van der Waals surface area contributed by atoms with Crippen LogP contribution in [0.1, 0.15) is 17.8 Å². The zero-order valence-corrected chi connectivity index (χ0v) is 13.9. The van der Waals surface area contributed by atoms with Crippen molar-refractivity contribution in [2.75, 3.05) is 19.4 Å². The van der Waals surface area contributed by atoms with Gasteiger partial charge in [0.1, 0.15) is 6.04 Å². The average Bonchev–Trinajstić information content (AvgIpc) is 2.98. The van der Waals surface area contributed by atoms with Crippen molar-refractivity contribution in [1.29, 1.82) is 0 Å². The van der Waals surface area contributed by atoms with Gasteiger partial charge in [-0.05, 0) is 19.9 Å². The van der Waals surface area contributed by atoms with Gasteiger partial charge in [-0.3, -0.25) is 14.5 Å². The predicted molar refractivity (Wildman–Crippen MR) is 85.4 cm³/mol. The number of urea groups is 1. The Labute approximate surface area is 138 Å². The van der Waals surface area contributed by atoms with E-state index in [1.807, 2.05) is 19.9 Å². The van der Waals surface area contributed by atoms with Crippen LogP contribution in [0.2, 0.25) is 0 Å². The van der Waals surface area contributed by atoms with Crippen molar-refractivity contribution in [2.45, 2.75) is 26.3 Å². The Morgan fingerprint density at radius 2 is 1.96 bits per heavy atom. The van der Waals surface area contributed by atoms with Crippen molar-refractivity contribution in [2.24, 2.45) is 0 Å². The van der Waals surface area contributed by atoms with Gasteiger partial charge in [0.15, 0.2) is 11.5 Å². The normalized spacial score (nSPS) is 17.9. The van der Waals surface area contributed by atoms with Crippen LogP contribution in [-0.2, 0) is 9.59 Å². The van der Waals surface area contributed by atoms with E-state index < -0.39 is 12.1 Å². The van der Waals surface area contributed by atoms with Gasteiger partial charge in [0.25, 0.3) is 5.91 Å². The van der Waals surface area contributed by atoms with Crippen LogP contribution in [0.3, 0.4) is 0 Å². The summed E-state index contributed by atoms with van der Waals surface area (Å²) >= 11 is 0. The first-order chi connectivity index (χ1) is 11.3. The van der Waals surface area contributed by atoms with Crippen molar-refractivity contribution in [3.8, 4) is 0 Å². The number of hydrogen-bond donors (Lipinski definition) is 1. The van der Waals surface area contributed by atoms with E-state index in [1.165, 1.54) is 19.0 Å². The van der Waals surface area contributed by atoms with Crippen molar-refractivity contribution in [1.82, 2.24) is 24.4 Å². The van der Waals surface area contributed by atoms with E-state index in [-0.39, 0.29) is 18.2 Å². The summed E-state index contributed by atoms with van der Waals surface area (Å²) in [7, 11) is 2.90. The zero-order chi connectivity index (χ0) is 17.6. The first kappa shape index (κ1) is 15.9. The molecule has 1 fully saturated rings. The zero-order valence-electron chi connectivity index (χ0n) is 13.9. The summed E-state index contributed by atoms with van der Waals surface area (Å²) < 4.78 is 1.63. The topological polar surface area (TPSA) is 99.9 Å². The van der Waals surface area contributed by atoms with Crippen LogP contribution in [0.4, 0.5) is 10.6 Å². The van der Waals surface area contributed by atoms with E-state index in [1.54, 1.807) is 10.6 Å². The lowest BCUT2D eigenvalue weighted by atomic mass is 10.2. The molecule has 4 amide bonds. The summed E-state index contributed by atoms with van der Waals surface area (Å²) in [5, 5.41) is 6.94. The molecule has 0 bridgehead atoms. The minimum atomic E-state index is -0.790. The quantitative estimate of drug-likeness (QED) is 0.829. The third-order valence-corrected chi connectivity index (χ3v) is 4.05. The van der Waals surface area contributed by atoms with E-state index in [2.05, 4.69) is 15.4 Å². The molecule has 0 aromatic carbocycles. The number of hydrogen-bond acceptors (Lipinski definition) is 5. The molecular formula is C15H18N6O3. The molecule has 0 radical (unpaired) electrons. The number of nitrogens with zero attached hydrogens (tertiary/aromatic N) is 5. The number of anilines is 1.